The summed E-state index contributed by atoms with van der Waals surface area (Å²) in [6, 6.07) is 7.12. The Bertz CT molecular complexity index is 738. The molecule has 8 heteroatoms. The Hall–Kier alpha value is -2.87. The number of ether oxygens (including phenoxy) is 2. The van der Waals surface area contributed by atoms with Crippen LogP contribution in [0.5, 0.6) is 0 Å². The monoisotopic (exact) mass is 345 g/mol. The molecule has 25 heavy (non-hydrogen) atoms. The Balaban J connectivity index is 2.38. The third-order valence-corrected chi connectivity index (χ3v) is 3.65. The Morgan fingerprint density at radius 2 is 2.04 bits per heavy atom. The van der Waals surface area contributed by atoms with Crippen molar-refractivity contribution in [1.29, 1.82) is 0 Å². The van der Waals surface area contributed by atoms with Crippen molar-refractivity contribution in [2.45, 2.75) is 13.0 Å². The van der Waals surface area contributed by atoms with Crippen LogP contribution in [0.4, 0.5) is 23.0 Å². The molecule has 1 atom stereocenters. The predicted molar refractivity (Wildman–Crippen MR) is 97.2 cm³/mol. The highest BCUT2D eigenvalue weighted by molar-refractivity contribution is 5.97. The molecule has 2 rings (SSSR count). The van der Waals surface area contributed by atoms with Gasteiger partial charge in [-0.1, -0.05) is 12.1 Å². The SMILES string of the molecule is COCC(C)Nc1ncnc(N(C)c2ccccc2C(=O)OC)c1N. The maximum atomic E-state index is 12.0. The van der Waals surface area contributed by atoms with E-state index in [0.717, 1.165) is 0 Å². The number of hydrogen-bond acceptors (Lipinski definition) is 8. The molecule has 8 nitrogen and oxygen atoms in total. The van der Waals surface area contributed by atoms with E-state index in [2.05, 4.69) is 15.3 Å². The van der Waals surface area contributed by atoms with Crippen LogP contribution < -0.4 is 16.0 Å². The maximum absolute atomic E-state index is 12.0. The second kappa shape index (κ2) is 8.29. The smallest absolute Gasteiger partial charge is 0.339 e. The largest absolute Gasteiger partial charge is 0.465 e. The number of carbonyl (C=O) groups is 1. The molecule has 2 aromatic rings. The molecule has 1 unspecified atom stereocenters. The molecule has 1 aromatic heterocycles. The summed E-state index contributed by atoms with van der Waals surface area (Å²) < 4.78 is 9.95. The summed E-state index contributed by atoms with van der Waals surface area (Å²) in [4.78, 5) is 22.2. The molecular formula is C17H23N5O3. The zero-order valence-corrected chi connectivity index (χ0v) is 14.8. The van der Waals surface area contributed by atoms with Crippen molar-refractivity contribution >= 4 is 29.0 Å². The lowest BCUT2D eigenvalue weighted by Crippen LogP contribution is -2.24. The van der Waals surface area contributed by atoms with E-state index in [1.807, 2.05) is 13.0 Å². The second-order valence-corrected chi connectivity index (χ2v) is 5.53. The molecule has 0 spiro atoms. The standard InChI is InChI=1S/C17H23N5O3/c1-11(9-24-3)21-15-14(18)16(20-10-19-15)22(2)13-8-6-5-7-12(13)17(23)25-4/h5-8,10-11H,9,18H2,1-4H3,(H,19,20,21). The number of carbonyl (C=O) groups excluding carboxylic acids is 1. The van der Waals surface area contributed by atoms with Gasteiger partial charge in [-0.15, -0.1) is 0 Å². The van der Waals surface area contributed by atoms with Crippen LogP contribution in [0.3, 0.4) is 0 Å². The zero-order chi connectivity index (χ0) is 18.4. The molecule has 0 saturated carbocycles. The Morgan fingerprint density at radius 3 is 2.72 bits per heavy atom. The predicted octanol–water partition coefficient (Wildman–Crippen LogP) is 2.06. The molecule has 0 amide bonds. The summed E-state index contributed by atoms with van der Waals surface area (Å²) in [5.41, 5.74) is 7.68. The van der Waals surface area contributed by atoms with E-state index in [0.29, 0.717) is 35.2 Å². The molecule has 0 radical (unpaired) electrons. The minimum atomic E-state index is -0.429. The topological polar surface area (TPSA) is 103 Å². The van der Waals surface area contributed by atoms with Crippen LogP contribution >= 0.6 is 0 Å². The van der Waals surface area contributed by atoms with E-state index >= 15 is 0 Å². The lowest BCUT2D eigenvalue weighted by molar-refractivity contribution is 0.0601. The van der Waals surface area contributed by atoms with Crippen LogP contribution in [0, 0.1) is 0 Å². The molecule has 0 fully saturated rings. The number of nitrogens with two attached hydrogens (primary N) is 1. The normalized spacial score (nSPS) is 11.7. The van der Waals surface area contributed by atoms with Gasteiger partial charge in [0, 0.05) is 20.2 Å². The van der Waals surface area contributed by atoms with Gasteiger partial charge in [-0.2, -0.15) is 0 Å². The maximum Gasteiger partial charge on any atom is 0.339 e. The van der Waals surface area contributed by atoms with Gasteiger partial charge in [0.2, 0.25) is 0 Å². The van der Waals surface area contributed by atoms with Crippen molar-refractivity contribution < 1.29 is 14.3 Å². The van der Waals surface area contributed by atoms with Crippen molar-refractivity contribution in [1.82, 2.24) is 9.97 Å². The van der Waals surface area contributed by atoms with E-state index in [-0.39, 0.29) is 6.04 Å². The quantitative estimate of drug-likeness (QED) is 0.735. The van der Waals surface area contributed by atoms with Gasteiger partial charge in [-0.3, -0.25) is 0 Å². The summed E-state index contributed by atoms with van der Waals surface area (Å²) in [7, 11) is 4.75. The number of benzene rings is 1. The number of aromatic nitrogens is 2. The molecule has 134 valence electrons. The highest BCUT2D eigenvalue weighted by Gasteiger charge is 2.19. The number of nitrogen functional groups attached to an aromatic ring is 1. The van der Waals surface area contributed by atoms with Crippen LogP contribution in [-0.4, -0.2) is 49.9 Å². The highest BCUT2D eigenvalue weighted by Crippen LogP contribution is 2.32. The molecule has 0 aliphatic heterocycles. The van der Waals surface area contributed by atoms with Crippen LogP contribution in [0.2, 0.25) is 0 Å². The van der Waals surface area contributed by atoms with Gasteiger partial charge >= 0.3 is 5.97 Å². The van der Waals surface area contributed by atoms with Crippen molar-refractivity contribution in [3.8, 4) is 0 Å². The average molecular weight is 345 g/mol. The first-order valence-electron chi connectivity index (χ1n) is 7.76. The summed E-state index contributed by atoms with van der Waals surface area (Å²) >= 11 is 0. The number of esters is 1. The lowest BCUT2D eigenvalue weighted by Gasteiger charge is -2.23. The number of rotatable bonds is 7. The number of methoxy groups -OCH3 is 2. The van der Waals surface area contributed by atoms with Crippen molar-refractivity contribution in [2.75, 3.05) is 43.8 Å². The lowest BCUT2D eigenvalue weighted by atomic mass is 10.1. The summed E-state index contributed by atoms with van der Waals surface area (Å²) in [5, 5.41) is 3.19. The molecule has 0 aliphatic rings. The fourth-order valence-corrected chi connectivity index (χ4v) is 2.46. The number of para-hydroxylation sites is 1. The Kier molecular flexibility index (Phi) is 6.13. The Morgan fingerprint density at radius 1 is 1.32 bits per heavy atom. The molecule has 0 saturated heterocycles. The van der Waals surface area contributed by atoms with Crippen LogP contribution in [0.25, 0.3) is 0 Å². The first kappa shape index (κ1) is 18.5. The molecule has 0 aliphatic carbocycles. The van der Waals surface area contributed by atoms with Crippen molar-refractivity contribution in [2.24, 2.45) is 0 Å². The molecule has 0 bridgehead atoms. The fourth-order valence-electron chi connectivity index (χ4n) is 2.46. The molecule has 1 heterocycles. The van der Waals surface area contributed by atoms with Crippen LogP contribution in [0.15, 0.2) is 30.6 Å². The summed E-state index contributed by atoms with van der Waals surface area (Å²) in [5.74, 6) is 0.567. The fraction of sp³-hybridized carbons (Fsp3) is 0.353. The number of nitrogens with zero attached hydrogens (tertiary/aromatic N) is 3. The van der Waals surface area contributed by atoms with E-state index in [1.54, 1.807) is 37.3 Å². The molecular weight excluding hydrogens is 322 g/mol. The van der Waals surface area contributed by atoms with Gasteiger partial charge in [0.1, 0.15) is 12.0 Å². The summed E-state index contributed by atoms with van der Waals surface area (Å²) in [6.07, 6.45) is 1.42. The molecule has 3 N–H and O–H groups in total. The van der Waals surface area contributed by atoms with Gasteiger partial charge in [-0.05, 0) is 19.1 Å². The van der Waals surface area contributed by atoms with E-state index in [1.165, 1.54) is 13.4 Å². The highest BCUT2D eigenvalue weighted by atomic mass is 16.5. The minimum Gasteiger partial charge on any atom is -0.465 e. The third-order valence-electron chi connectivity index (χ3n) is 3.65. The number of hydrogen-bond donors (Lipinski definition) is 2. The summed E-state index contributed by atoms with van der Waals surface area (Å²) in [6.45, 7) is 2.47. The van der Waals surface area contributed by atoms with Gasteiger partial charge in [0.15, 0.2) is 11.6 Å². The average Bonchev–Trinajstić information content (AvgIpc) is 2.62. The third kappa shape index (κ3) is 4.16. The Labute approximate surface area is 147 Å². The van der Waals surface area contributed by atoms with Crippen LogP contribution in [-0.2, 0) is 9.47 Å². The van der Waals surface area contributed by atoms with Gasteiger partial charge < -0.3 is 25.4 Å². The van der Waals surface area contributed by atoms with Gasteiger partial charge in [0.05, 0.1) is 25.0 Å². The van der Waals surface area contributed by atoms with E-state index < -0.39 is 5.97 Å². The first-order valence-corrected chi connectivity index (χ1v) is 7.76. The second-order valence-electron chi connectivity index (χ2n) is 5.53. The van der Waals surface area contributed by atoms with Crippen molar-refractivity contribution in [3.05, 3.63) is 36.2 Å². The van der Waals surface area contributed by atoms with Crippen LogP contribution in [0.1, 0.15) is 17.3 Å². The van der Waals surface area contributed by atoms with E-state index in [4.69, 9.17) is 15.2 Å². The first-order chi connectivity index (χ1) is 12.0. The molecule has 1 aromatic carbocycles. The minimum absolute atomic E-state index is 0.0303. The van der Waals surface area contributed by atoms with Gasteiger partial charge in [0.25, 0.3) is 0 Å². The van der Waals surface area contributed by atoms with E-state index in [9.17, 15) is 4.79 Å². The number of anilines is 4. The van der Waals surface area contributed by atoms with Crippen molar-refractivity contribution in [3.63, 3.8) is 0 Å². The zero-order valence-electron chi connectivity index (χ0n) is 14.8. The number of nitrogens with one attached hydrogen (secondary N) is 1. The van der Waals surface area contributed by atoms with Gasteiger partial charge in [-0.25, -0.2) is 14.8 Å².